The molecule has 0 rings (SSSR count). The smallest absolute Gasteiger partial charge is 0.0701 e. The average molecular weight is 230 g/mol. The van der Waals surface area contributed by atoms with Crippen LogP contribution in [0.5, 0.6) is 0 Å². The van der Waals surface area contributed by atoms with Crippen molar-refractivity contribution in [1.29, 1.82) is 0 Å². The quantitative estimate of drug-likeness (QED) is 0.515. The predicted octanol–water partition coefficient (Wildman–Crippen LogP) is 3.91. The van der Waals surface area contributed by atoms with Gasteiger partial charge in [0.2, 0.25) is 0 Å². The van der Waals surface area contributed by atoms with E-state index < -0.39 is 0 Å². The molecule has 0 bridgehead atoms. The van der Waals surface area contributed by atoms with E-state index in [4.69, 9.17) is 9.84 Å². The first-order valence-corrected chi connectivity index (χ1v) is 7.07. The molecule has 0 fully saturated rings. The SMILES string of the molecule is CCCCCCC(CCCCC)OCCO. The minimum Gasteiger partial charge on any atom is -0.394 e. The van der Waals surface area contributed by atoms with Gasteiger partial charge >= 0.3 is 0 Å². The molecule has 0 spiro atoms. The third-order valence-electron chi connectivity index (χ3n) is 2.95. The zero-order valence-electron chi connectivity index (χ0n) is 11.2. The molecule has 0 aromatic carbocycles. The first-order chi connectivity index (χ1) is 7.85. The van der Waals surface area contributed by atoms with Crippen LogP contribution in [0.1, 0.15) is 71.6 Å². The summed E-state index contributed by atoms with van der Waals surface area (Å²) in [6.45, 7) is 5.12. The molecule has 1 unspecified atom stereocenters. The van der Waals surface area contributed by atoms with Crippen molar-refractivity contribution in [2.45, 2.75) is 77.7 Å². The van der Waals surface area contributed by atoms with E-state index in [0.29, 0.717) is 12.7 Å². The Bertz CT molecular complexity index is 126. The first kappa shape index (κ1) is 15.9. The monoisotopic (exact) mass is 230 g/mol. The zero-order chi connectivity index (χ0) is 12.1. The zero-order valence-corrected chi connectivity index (χ0v) is 11.2. The highest BCUT2D eigenvalue weighted by molar-refractivity contribution is 4.59. The van der Waals surface area contributed by atoms with Gasteiger partial charge in [0.05, 0.1) is 19.3 Å². The lowest BCUT2D eigenvalue weighted by Crippen LogP contribution is -2.15. The number of aliphatic hydroxyl groups excluding tert-OH is 1. The highest BCUT2D eigenvalue weighted by Gasteiger charge is 2.08. The molecule has 0 aliphatic heterocycles. The molecule has 0 aliphatic carbocycles. The van der Waals surface area contributed by atoms with Crippen LogP contribution in [-0.4, -0.2) is 24.4 Å². The van der Waals surface area contributed by atoms with Crippen molar-refractivity contribution in [3.63, 3.8) is 0 Å². The lowest BCUT2D eigenvalue weighted by atomic mass is 10.0. The van der Waals surface area contributed by atoms with Gasteiger partial charge in [0, 0.05) is 0 Å². The Labute approximate surface area is 101 Å². The molecule has 0 saturated carbocycles. The lowest BCUT2D eigenvalue weighted by molar-refractivity contribution is 0.0168. The molecule has 0 heterocycles. The van der Waals surface area contributed by atoms with Gasteiger partial charge in [-0.3, -0.25) is 0 Å². The number of aliphatic hydroxyl groups is 1. The van der Waals surface area contributed by atoms with Crippen LogP contribution in [0.25, 0.3) is 0 Å². The van der Waals surface area contributed by atoms with Crippen LogP contribution in [-0.2, 0) is 4.74 Å². The Kier molecular flexibility index (Phi) is 12.9. The van der Waals surface area contributed by atoms with Gasteiger partial charge in [-0.2, -0.15) is 0 Å². The first-order valence-electron chi connectivity index (χ1n) is 7.07. The number of unbranched alkanes of at least 4 members (excludes halogenated alkanes) is 5. The minimum absolute atomic E-state index is 0.152. The second kappa shape index (κ2) is 13.0. The van der Waals surface area contributed by atoms with Crippen molar-refractivity contribution in [3.05, 3.63) is 0 Å². The molecular formula is C14H30O2. The van der Waals surface area contributed by atoms with Crippen LogP contribution in [0.4, 0.5) is 0 Å². The van der Waals surface area contributed by atoms with E-state index >= 15 is 0 Å². The van der Waals surface area contributed by atoms with Crippen LogP contribution in [0, 0.1) is 0 Å². The Morgan fingerprint density at radius 1 is 0.875 bits per heavy atom. The topological polar surface area (TPSA) is 29.5 Å². The molecule has 0 radical (unpaired) electrons. The fourth-order valence-corrected chi connectivity index (χ4v) is 1.95. The normalized spacial score (nSPS) is 12.9. The van der Waals surface area contributed by atoms with E-state index in [2.05, 4.69) is 13.8 Å². The minimum atomic E-state index is 0.152. The summed E-state index contributed by atoms with van der Waals surface area (Å²) < 4.78 is 5.67. The maximum atomic E-state index is 8.77. The number of ether oxygens (including phenoxy) is 1. The molecular weight excluding hydrogens is 200 g/mol. The molecule has 2 nitrogen and oxygen atoms in total. The van der Waals surface area contributed by atoms with E-state index in [-0.39, 0.29) is 6.61 Å². The van der Waals surface area contributed by atoms with E-state index in [1.54, 1.807) is 0 Å². The highest BCUT2D eigenvalue weighted by Crippen LogP contribution is 2.14. The summed E-state index contributed by atoms with van der Waals surface area (Å²) in [4.78, 5) is 0. The molecule has 98 valence electrons. The maximum Gasteiger partial charge on any atom is 0.0701 e. The van der Waals surface area contributed by atoms with E-state index in [0.717, 1.165) is 0 Å². The third-order valence-corrected chi connectivity index (χ3v) is 2.95. The fourth-order valence-electron chi connectivity index (χ4n) is 1.95. The molecule has 1 N–H and O–H groups in total. The Balaban J connectivity index is 3.54. The predicted molar refractivity (Wildman–Crippen MR) is 69.7 cm³/mol. The van der Waals surface area contributed by atoms with E-state index in [9.17, 15) is 0 Å². The van der Waals surface area contributed by atoms with Crippen LogP contribution in [0.2, 0.25) is 0 Å². The summed E-state index contributed by atoms with van der Waals surface area (Å²) in [5.74, 6) is 0. The van der Waals surface area contributed by atoms with Crippen molar-refractivity contribution in [3.8, 4) is 0 Å². The molecule has 0 aromatic heterocycles. The summed E-state index contributed by atoms with van der Waals surface area (Å²) in [5.41, 5.74) is 0. The molecule has 0 aliphatic rings. The van der Waals surface area contributed by atoms with Gasteiger partial charge in [0.1, 0.15) is 0 Å². The molecule has 2 heteroatoms. The van der Waals surface area contributed by atoms with Gasteiger partial charge in [0.15, 0.2) is 0 Å². The second-order valence-electron chi connectivity index (χ2n) is 4.56. The highest BCUT2D eigenvalue weighted by atomic mass is 16.5. The van der Waals surface area contributed by atoms with Gasteiger partial charge in [0.25, 0.3) is 0 Å². The molecule has 0 amide bonds. The summed E-state index contributed by atoms with van der Waals surface area (Å²) in [5, 5.41) is 8.77. The molecule has 0 aromatic rings. The van der Waals surface area contributed by atoms with Gasteiger partial charge in [-0.25, -0.2) is 0 Å². The second-order valence-corrected chi connectivity index (χ2v) is 4.56. The Morgan fingerprint density at radius 2 is 1.44 bits per heavy atom. The van der Waals surface area contributed by atoms with Gasteiger partial charge in [-0.15, -0.1) is 0 Å². The average Bonchev–Trinajstić information content (AvgIpc) is 2.31. The van der Waals surface area contributed by atoms with Crippen molar-refractivity contribution >= 4 is 0 Å². The van der Waals surface area contributed by atoms with Crippen LogP contribution < -0.4 is 0 Å². The summed E-state index contributed by atoms with van der Waals surface area (Å²) in [6.07, 6.45) is 11.8. The number of hydrogen-bond acceptors (Lipinski definition) is 2. The van der Waals surface area contributed by atoms with Gasteiger partial charge in [-0.05, 0) is 12.8 Å². The van der Waals surface area contributed by atoms with Gasteiger partial charge in [-0.1, -0.05) is 58.8 Å². The summed E-state index contributed by atoms with van der Waals surface area (Å²) in [7, 11) is 0. The molecule has 1 atom stereocenters. The van der Waals surface area contributed by atoms with Gasteiger partial charge < -0.3 is 9.84 Å². The summed E-state index contributed by atoms with van der Waals surface area (Å²) >= 11 is 0. The Morgan fingerprint density at radius 3 is 2.00 bits per heavy atom. The maximum absolute atomic E-state index is 8.77. The third kappa shape index (κ3) is 10.4. The van der Waals surface area contributed by atoms with E-state index in [1.807, 2.05) is 0 Å². The van der Waals surface area contributed by atoms with Crippen LogP contribution >= 0.6 is 0 Å². The Hall–Kier alpha value is -0.0800. The van der Waals surface area contributed by atoms with Crippen molar-refractivity contribution in [2.24, 2.45) is 0 Å². The van der Waals surface area contributed by atoms with Crippen molar-refractivity contribution in [2.75, 3.05) is 13.2 Å². The van der Waals surface area contributed by atoms with Crippen molar-refractivity contribution in [1.82, 2.24) is 0 Å². The standard InChI is InChI=1S/C14H30O2/c1-3-5-7-9-11-14(16-13-12-15)10-8-6-4-2/h14-15H,3-13H2,1-2H3. The summed E-state index contributed by atoms with van der Waals surface area (Å²) in [6, 6.07) is 0. The largest absolute Gasteiger partial charge is 0.394 e. The number of rotatable bonds is 12. The number of hydrogen-bond donors (Lipinski definition) is 1. The molecule has 16 heavy (non-hydrogen) atoms. The molecule has 0 saturated heterocycles. The fraction of sp³-hybridized carbons (Fsp3) is 1.00. The van der Waals surface area contributed by atoms with Crippen LogP contribution in [0.15, 0.2) is 0 Å². The van der Waals surface area contributed by atoms with E-state index in [1.165, 1.54) is 57.8 Å². The van der Waals surface area contributed by atoms with Crippen LogP contribution in [0.3, 0.4) is 0 Å². The lowest BCUT2D eigenvalue weighted by Gasteiger charge is -2.17. The van der Waals surface area contributed by atoms with Crippen molar-refractivity contribution < 1.29 is 9.84 Å².